The summed E-state index contributed by atoms with van der Waals surface area (Å²) in [6.45, 7) is 21.5. The Morgan fingerprint density at radius 1 is 0.975 bits per heavy atom. The van der Waals surface area contributed by atoms with Crippen LogP contribution in [-0.2, 0) is 55.8 Å². The minimum Gasteiger partial charge on any atom is -0.464 e. The Balaban J connectivity index is 0.948. The first-order valence-corrected chi connectivity index (χ1v) is 30.3. The number of nitrogens with one attached hydrogen (secondary N) is 2. The number of aromatic nitrogens is 3. The Labute approximate surface area is 468 Å². The number of nitrogens with zero attached hydrogens (tertiary/aromatic N) is 7. The van der Waals surface area contributed by atoms with Crippen molar-refractivity contribution >= 4 is 45.7 Å². The maximum atomic E-state index is 15.4. The van der Waals surface area contributed by atoms with Gasteiger partial charge in [0.15, 0.2) is 0 Å². The van der Waals surface area contributed by atoms with E-state index in [0.717, 1.165) is 100 Å². The summed E-state index contributed by atoms with van der Waals surface area (Å²) in [4.78, 5) is 62.7. The summed E-state index contributed by atoms with van der Waals surface area (Å²) in [5.74, 6) is -0.682. The lowest BCUT2D eigenvalue weighted by molar-refractivity contribution is -0.203. The van der Waals surface area contributed by atoms with Crippen molar-refractivity contribution in [3.05, 3.63) is 52.1 Å². The summed E-state index contributed by atoms with van der Waals surface area (Å²) in [7, 11) is 1.75. The molecule has 2 aliphatic carbocycles. The molecule has 2 N–H and O–H groups in total. The van der Waals surface area contributed by atoms with Crippen molar-refractivity contribution in [1.29, 1.82) is 0 Å². The van der Waals surface area contributed by atoms with E-state index in [0.29, 0.717) is 90.6 Å². The minimum absolute atomic E-state index is 0.000677. The molecule has 426 valence electrons. The number of carbonyl (C=O) groups is 3. The van der Waals surface area contributed by atoms with Crippen molar-refractivity contribution < 1.29 is 42.8 Å². The highest BCUT2D eigenvalue weighted by Gasteiger charge is 2.62. The van der Waals surface area contributed by atoms with Gasteiger partial charge in [-0.1, -0.05) is 19.9 Å². The number of fused-ring (bicyclic) bond motifs is 7. The molecule has 10 aliphatic rings. The molecule has 0 unspecified atom stereocenters. The molecule has 8 aliphatic heterocycles. The van der Waals surface area contributed by atoms with Gasteiger partial charge in [-0.05, 0) is 109 Å². The van der Waals surface area contributed by atoms with Crippen LogP contribution in [0.1, 0.15) is 121 Å². The molecular formula is C60H81N9O9S. The van der Waals surface area contributed by atoms with Gasteiger partial charge in [0, 0.05) is 117 Å². The van der Waals surface area contributed by atoms with E-state index in [-0.39, 0.29) is 47.7 Å². The van der Waals surface area contributed by atoms with Crippen LogP contribution in [0.15, 0.2) is 35.8 Å². The monoisotopic (exact) mass is 1100 g/mol. The number of esters is 1. The molecule has 11 heterocycles. The molecule has 3 aromatic heterocycles. The Hall–Kier alpha value is -4.57. The third-order valence-electron chi connectivity index (χ3n) is 19.0. The topological polar surface area (TPSA) is 174 Å². The van der Waals surface area contributed by atoms with Crippen LogP contribution >= 0.6 is 11.3 Å². The van der Waals surface area contributed by atoms with Crippen LogP contribution in [0.4, 0.5) is 5.69 Å². The fourth-order valence-electron chi connectivity index (χ4n) is 14.3. The molecule has 19 heteroatoms. The Morgan fingerprint density at radius 3 is 2.48 bits per heavy atom. The lowest BCUT2D eigenvalue weighted by Gasteiger charge is -2.58. The summed E-state index contributed by atoms with van der Waals surface area (Å²) in [6, 6.07) is 7.32. The van der Waals surface area contributed by atoms with Crippen molar-refractivity contribution in [3.63, 3.8) is 0 Å². The molecule has 2 amide bonds. The van der Waals surface area contributed by atoms with E-state index >= 15 is 4.79 Å². The molecule has 79 heavy (non-hydrogen) atoms. The fourth-order valence-corrected chi connectivity index (χ4v) is 15.3. The number of piperazine rings is 1. The highest BCUT2D eigenvalue weighted by Crippen LogP contribution is 2.53. The number of hydrogen-bond acceptors (Lipinski definition) is 16. The number of benzene rings is 1. The predicted molar refractivity (Wildman–Crippen MR) is 299 cm³/mol. The second kappa shape index (κ2) is 20.7. The van der Waals surface area contributed by atoms with E-state index < -0.39 is 35.1 Å². The highest BCUT2D eigenvalue weighted by molar-refractivity contribution is 7.10. The average molecular weight is 1100 g/mol. The lowest BCUT2D eigenvalue weighted by Crippen LogP contribution is -2.70. The molecular weight excluding hydrogens is 1020 g/mol. The number of pyridine rings is 1. The molecule has 6 atom stereocenters. The summed E-state index contributed by atoms with van der Waals surface area (Å²) in [5.41, 5.74) is 9.40. The van der Waals surface area contributed by atoms with Gasteiger partial charge in [0.05, 0.1) is 85.3 Å². The molecule has 4 aromatic rings. The van der Waals surface area contributed by atoms with Crippen LogP contribution in [0.2, 0.25) is 0 Å². The van der Waals surface area contributed by atoms with Gasteiger partial charge in [0.25, 0.3) is 11.8 Å². The van der Waals surface area contributed by atoms with Crippen LogP contribution in [0.5, 0.6) is 0 Å². The molecule has 7 saturated heterocycles. The number of thiazole rings is 1. The number of amides is 2. The highest BCUT2D eigenvalue weighted by atomic mass is 32.1. The van der Waals surface area contributed by atoms with E-state index in [2.05, 4.69) is 94.3 Å². The van der Waals surface area contributed by atoms with Crippen molar-refractivity contribution in [2.24, 2.45) is 16.7 Å². The van der Waals surface area contributed by atoms with E-state index in [1.54, 1.807) is 12.1 Å². The predicted octanol–water partition coefficient (Wildman–Crippen LogP) is 6.84. The molecule has 18 nitrogen and oxygen atoms in total. The second-order valence-electron chi connectivity index (χ2n) is 26.2. The van der Waals surface area contributed by atoms with Gasteiger partial charge in [-0.15, -0.1) is 11.3 Å². The molecule has 2 saturated carbocycles. The standard InChI is InChI=1S/C60H81N9O9S/c1-36-39-25-60(26-39,78-36)56(72)63-50-52(67-31-59(32-67)34-74-35-59)53-62-47(30-79-53)38-10-13-48-43(23-38)45(28-57(3,4)33-76-55(71)46-9-8-15-69(64-46)54(50)70)51(68(48)20-22-75-42-14-21-77-58(5,6)27-42)44-24-41(29-61-49(44)37(2)73-7)66-18-16-65(17-19-66)40-11-12-40/h10,13,23-24,29-30,36-37,39-40,42,46,50,52,64H,8-9,11-12,14-22,25-28,31-35H2,1-7H3,(H,63,72)/t36-,37-,39?,42-,46-,50-,52-,60?/m0/s1. The van der Waals surface area contributed by atoms with Gasteiger partial charge in [-0.25, -0.2) is 10.4 Å². The first-order valence-electron chi connectivity index (χ1n) is 29.4. The third kappa shape index (κ3) is 10.2. The number of carbonyl (C=O) groups excluding carboxylic acids is 3. The van der Waals surface area contributed by atoms with Crippen LogP contribution in [0.3, 0.4) is 0 Å². The molecule has 8 bridgehead atoms. The summed E-state index contributed by atoms with van der Waals surface area (Å²) >= 11 is 1.52. The lowest BCUT2D eigenvalue weighted by atomic mass is 9.72. The maximum Gasteiger partial charge on any atom is 0.324 e. The third-order valence-corrected chi connectivity index (χ3v) is 19.9. The largest absolute Gasteiger partial charge is 0.464 e. The van der Waals surface area contributed by atoms with Gasteiger partial charge < -0.3 is 43.2 Å². The van der Waals surface area contributed by atoms with Gasteiger partial charge >= 0.3 is 5.97 Å². The number of anilines is 1. The van der Waals surface area contributed by atoms with Gasteiger partial charge in [0.1, 0.15) is 22.7 Å². The number of hydrogen-bond donors (Lipinski definition) is 2. The zero-order valence-corrected chi connectivity index (χ0v) is 48.2. The first-order chi connectivity index (χ1) is 38.0. The number of methoxy groups -OCH3 is 1. The Kier molecular flexibility index (Phi) is 14.1. The normalized spacial score (nSPS) is 31.0. The van der Waals surface area contributed by atoms with E-state index in [9.17, 15) is 9.59 Å². The molecule has 0 radical (unpaired) electrons. The van der Waals surface area contributed by atoms with Crippen LogP contribution in [0.25, 0.3) is 33.4 Å². The van der Waals surface area contributed by atoms with Crippen LogP contribution in [0, 0.1) is 16.7 Å². The Bertz CT molecular complexity index is 2970. The van der Waals surface area contributed by atoms with Crippen LogP contribution < -0.4 is 15.6 Å². The van der Waals surface area contributed by atoms with E-state index in [4.69, 9.17) is 38.4 Å². The molecule has 1 aromatic carbocycles. The van der Waals surface area contributed by atoms with E-state index in [1.165, 1.54) is 24.2 Å². The molecule has 1 spiro atoms. The number of rotatable bonds is 12. The van der Waals surface area contributed by atoms with E-state index in [1.807, 2.05) is 13.1 Å². The Morgan fingerprint density at radius 2 is 1.77 bits per heavy atom. The summed E-state index contributed by atoms with van der Waals surface area (Å²) in [5, 5.41) is 8.74. The zero-order chi connectivity index (χ0) is 54.6. The number of likely N-dealkylation sites (tertiary alicyclic amines) is 1. The summed E-state index contributed by atoms with van der Waals surface area (Å²) < 4.78 is 40.0. The van der Waals surface area contributed by atoms with Crippen LogP contribution in [-0.4, -0.2) is 175 Å². The smallest absolute Gasteiger partial charge is 0.324 e. The number of cyclic esters (lactones) is 1. The quantitative estimate of drug-likeness (QED) is 0.141. The van der Waals surface area contributed by atoms with Gasteiger partial charge in [0.2, 0.25) is 0 Å². The molecule has 14 rings (SSSR count). The first kappa shape index (κ1) is 53.7. The van der Waals surface area contributed by atoms with Gasteiger partial charge in [-0.2, -0.15) is 0 Å². The van der Waals surface area contributed by atoms with Gasteiger partial charge in [-0.3, -0.25) is 34.2 Å². The molecule has 9 fully saturated rings. The fraction of sp³-hybridized carbons (Fsp3) is 0.683. The number of ether oxygens (including phenoxy) is 6. The second-order valence-corrected chi connectivity index (χ2v) is 27.1. The maximum absolute atomic E-state index is 15.4. The average Bonchev–Trinajstić information content (AvgIpc) is 3.87. The zero-order valence-electron chi connectivity index (χ0n) is 47.4. The van der Waals surface area contributed by atoms with Crippen molar-refractivity contribution in [3.8, 4) is 22.5 Å². The SMILES string of the molecule is CO[C@@H](C)c1ncc(N2CCN(C3CC3)CC2)cc1-c1c2c3cc(ccc3n1CCO[C@H]1CCOC(C)(C)C1)-c1csc(n1)[C@@H](N1CC3(COC3)C1)[C@H](NC(=O)C13CC(C1)[C@H](C)O3)C(=O)N1CCC[C@H](N1)C(=O)OCC(C)(C)C2. The van der Waals surface area contributed by atoms with Crippen molar-refractivity contribution in [2.45, 2.75) is 160 Å². The minimum atomic E-state index is -1.03. The number of hydrazine groups is 1. The van der Waals surface area contributed by atoms with Crippen molar-refractivity contribution in [1.82, 2.24) is 40.1 Å². The summed E-state index contributed by atoms with van der Waals surface area (Å²) in [6.07, 6.45) is 8.89. The van der Waals surface area contributed by atoms with Crippen molar-refractivity contribution in [2.75, 3.05) is 90.9 Å².